The topological polar surface area (TPSA) is 26.0 Å². The average Bonchev–Trinajstić information content (AvgIpc) is 2.77. The Bertz CT molecular complexity index is 646. The predicted molar refractivity (Wildman–Crippen MR) is 75.8 cm³/mol. The normalized spacial score (nSPS) is 21.3. The Labute approximate surface area is 121 Å². The standard InChI is InChI=1S/C17H16F3N/c18-17(19,20)14-7-5-12(6-8-14)11-16(21)10-9-13-3-1-2-4-15(13)16/h1-8H,9-11,21H2. The lowest BCUT2D eigenvalue weighted by Crippen LogP contribution is -2.36. The molecule has 1 atom stereocenters. The summed E-state index contributed by atoms with van der Waals surface area (Å²) in [6, 6.07) is 13.3. The van der Waals surface area contributed by atoms with Gasteiger partial charge >= 0.3 is 6.18 Å². The molecule has 2 aromatic carbocycles. The molecule has 1 unspecified atom stereocenters. The van der Waals surface area contributed by atoms with Crippen molar-refractivity contribution >= 4 is 0 Å². The third kappa shape index (κ3) is 2.68. The summed E-state index contributed by atoms with van der Waals surface area (Å²) < 4.78 is 37.7. The van der Waals surface area contributed by atoms with Crippen LogP contribution >= 0.6 is 0 Å². The maximum atomic E-state index is 12.6. The zero-order chi connectivity index (χ0) is 15.1. The summed E-state index contributed by atoms with van der Waals surface area (Å²) in [5, 5.41) is 0. The number of aryl methyl sites for hydroxylation is 1. The molecule has 110 valence electrons. The smallest absolute Gasteiger partial charge is 0.321 e. The van der Waals surface area contributed by atoms with Gasteiger partial charge < -0.3 is 5.73 Å². The summed E-state index contributed by atoms with van der Waals surface area (Å²) in [5.74, 6) is 0. The summed E-state index contributed by atoms with van der Waals surface area (Å²) in [5.41, 5.74) is 8.60. The first kappa shape index (κ1) is 14.1. The molecule has 1 aliphatic carbocycles. The summed E-state index contributed by atoms with van der Waals surface area (Å²) in [7, 11) is 0. The van der Waals surface area contributed by atoms with Gasteiger partial charge in [0.15, 0.2) is 0 Å². The van der Waals surface area contributed by atoms with E-state index in [-0.39, 0.29) is 0 Å². The van der Waals surface area contributed by atoms with E-state index >= 15 is 0 Å². The minimum atomic E-state index is -4.29. The molecule has 0 saturated carbocycles. The van der Waals surface area contributed by atoms with Gasteiger partial charge in [-0.15, -0.1) is 0 Å². The van der Waals surface area contributed by atoms with E-state index in [1.54, 1.807) is 0 Å². The second-order valence-corrected chi connectivity index (χ2v) is 5.68. The van der Waals surface area contributed by atoms with E-state index in [9.17, 15) is 13.2 Å². The van der Waals surface area contributed by atoms with Crippen molar-refractivity contribution in [1.29, 1.82) is 0 Å². The molecule has 0 bridgehead atoms. The summed E-state index contributed by atoms with van der Waals surface area (Å²) in [4.78, 5) is 0. The zero-order valence-corrected chi connectivity index (χ0v) is 11.5. The molecule has 3 rings (SSSR count). The number of benzene rings is 2. The van der Waals surface area contributed by atoms with Gasteiger partial charge in [-0.1, -0.05) is 36.4 Å². The molecule has 0 amide bonds. The highest BCUT2D eigenvalue weighted by Crippen LogP contribution is 2.37. The van der Waals surface area contributed by atoms with Crippen LogP contribution in [0.25, 0.3) is 0 Å². The fourth-order valence-corrected chi connectivity index (χ4v) is 3.08. The largest absolute Gasteiger partial charge is 0.416 e. The minimum absolute atomic E-state index is 0.476. The molecule has 0 aromatic heterocycles. The molecule has 21 heavy (non-hydrogen) atoms. The molecule has 1 aliphatic rings. The first-order chi connectivity index (χ1) is 9.88. The van der Waals surface area contributed by atoms with Gasteiger partial charge in [-0.2, -0.15) is 13.2 Å². The van der Waals surface area contributed by atoms with Gasteiger partial charge in [0.05, 0.1) is 5.56 Å². The third-order valence-corrected chi connectivity index (χ3v) is 4.20. The first-order valence-corrected chi connectivity index (χ1v) is 6.92. The van der Waals surface area contributed by atoms with E-state index in [4.69, 9.17) is 5.73 Å². The van der Waals surface area contributed by atoms with Crippen LogP contribution in [0.5, 0.6) is 0 Å². The van der Waals surface area contributed by atoms with Crippen molar-refractivity contribution in [2.24, 2.45) is 5.73 Å². The molecule has 4 heteroatoms. The zero-order valence-electron chi connectivity index (χ0n) is 11.5. The lowest BCUT2D eigenvalue weighted by atomic mass is 9.86. The maximum absolute atomic E-state index is 12.6. The lowest BCUT2D eigenvalue weighted by molar-refractivity contribution is -0.137. The molecule has 0 aliphatic heterocycles. The van der Waals surface area contributed by atoms with E-state index in [0.717, 1.165) is 36.1 Å². The first-order valence-electron chi connectivity index (χ1n) is 6.92. The Hall–Kier alpha value is -1.81. The van der Waals surface area contributed by atoms with Gasteiger partial charge in [0.2, 0.25) is 0 Å². The van der Waals surface area contributed by atoms with Crippen molar-refractivity contribution in [2.75, 3.05) is 0 Å². The number of fused-ring (bicyclic) bond motifs is 1. The SMILES string of the molecule is NC1(Cc2ccc(C(F)(F)F)cc2)CCc2ccccc21. The van der Waals surface area contributed by atoms with Crippen LogP contribution in [-0.4, -0.2) is 0 Å². The molecule has 2 N–H and O–H groups in total. The summed E-state index contributed by atoms with van der Waals surface area (Å²) in [6.07, 6.45) is -1.98. The molecule has 1 nitrogen and oxygen atoms in total. The Morgan fingerprint density at radius 1 is 1.00 bits per heavy atom. The van der Waals surface area contributed by atoms with Gasteiger partial charge in [0.25, 0.3) is 0 Å². The van der Waals surface area contributed by atoms with Gasteiger partial charge in [-0.3, -0.25) is 0 Å². The van der Waals surface area contributed by atoms with E-state index < -0.39 is 17.3 Å². The Kier molecular flexibility index (Phi) is 3.29. The molecular weight excluding hydrogens is 275 g/mol. The van der Waals surface area contributed by atoms with Crippen molar-refractivity contribution < 1.29 is 13.2 Å². The summed E-state index contributed by atoms with van der Waals surface area (Å²) >= 11 is 0. The van der Waals surface area contributed by atoms with Gasteiger partial charge in [-0.05, 0) is 48.1 Å². The van der Waals surface area contributed by atoms with Gasteiger partial charge in [0.1, 0.15) is 0 Å². The van der Waals surface area contributed by atoms with Crippen molar-refractivity contribution in [3.63, 3.8) is 0 Å². The molecular formula is C17H16F3N. The Morgan fingerprint density at radius 3 is 2.33 bits per heavy atom. The number of halogens is 3. The van der Waals surface area contributed by atoms with Gasteiger partial charge in [-0.25, -0.2) is 0 Å². The molecule has 0 spiro atoms. The van der Waals surface area contributed by atoms with Crippen LogP contribution in [0, 0.1) is 0 Å². The number of nitrogens with two attached hydrogens (primary N) is 1. The maximum Gasteiger partial charge on any atom is 0.416 e. The number of hydrogen-bond acceptors (Lipinski definition) is 1. The lowest BCUT2D eigenvalue weighted by Gasteiger charge is -2.26. The monoisotopic (exact) mass is 291 g/mol. The van der Waals surface area contributed by atoms with Crippen molar-refractivity contribution in [1.82, 2.24) is 0 Å². The Balaban J connectivity index is 1.84. The molecule has 0 heterocycles. The fourth-order valence-electron chi connectivity index (χ4n) is 3.08. The molecule has 0 radical (unpaired) electrons. The predicted octanol–water partition coefficient (Wildman–Crippen LogP) is 4.05. The van der Waals surface area contributed by atoms with Crippen LogP contribution in [0.3, 0.4) is 0 Å². The fraction of sp³-hybridized carbons (Fsp3) is 0.294. The minimum Gasteiger partial charge on any atom is -0.321 e. The number of hydrogen-bond donors (Lipinski definition) is 1. The number of alkyl halides is 3. The van der Waals surface area contributed by atoms with Crippen molar-refractivity contribution in [3.05, 3.63) is 70.8 Å². The molecule has 0 fully saturated rings. The average molecular weight is 291 g/mol. The number of rotatable bonds is 2. The molecule has 0 saturated heterocycles. The van der Waals surface area contributed by atoms with E-state index in [1.807, 2.05) is 18.2 Å². The van der Waals surface area contributed by atoms with Crippen LogP contribution in [-0.2, 0) is 24.6 Å². The van der Waals surface area contributed by atoms with Crippen LogP contribution in [0.4, 0.5) is 13.2 Å². The van der Waals surface area contributed by atoms with Crippen LogP contribution < -0.4 is 5.73 Å². The second-order valence-electron chi connectivity index (χ2n) is 5.68. The van der Waals surface area contributed by atoms with E-state index in [2.05, 4.69) is 6.07 Å². The van der Waals surface area contributed by atoms with Crippen LogP contribution in [0.2, 0.25) is 0 Å². The summed E-state index contributed by atoms with van der Waals surface area (Å²) in [6.45, 7) is 0. The van der Waals surface area contributed by atoms with E-state index in [0.29, 0.717) is 6.42 Å². The van der Waals surface area contributed by atoms with E-state index in [1.165, 1.54) is 17.7 Å². The van der Waals surface area contributed by atoms with Crippen molar-refractivity contribution in [2.45, 2.75) is 31.0 Å². The Morgan fingerprint density at radius 2 is 1.67 bits per heavy atom. The second kappa shape index (κ2) is 4.88. The third-order valence-electron chi connectivity index (χ3n) is 4.20. The quantitative estimate of drug-likeness (QED) is 0.887. The van der Waals surface area contributed by atoms with Crippen LogP contribution in [0.1, 0.15) is 28.7 Å². The highest BCUT2D eigenvalue weighted by atomic mass is 19.4. The van der Waals surface area contributed by atoms with Crippen molar-refractivity contribution in [3.8, 4) is 0 Å². The molecule has 2 aromatic rings. The van der Waals surface area contributed by atoms with Crippen LogP contribution in [0.15, 0.2) is 48.5 Å². The van der Waals surface area contributed by atoms with Gasteiger partial charge in [0, 0.05) is 5.54 Å². The highest BCUT2D eigenvalue weighted by Gasteiger charge is 2.35. The highest BCUT2D eigenvalue weighted by molar-refractivity contribution is 5.40.